The Morgan fingerprint density at radius 3 is 2.45 bits per heavy atom. The number of hydrogen-bond acceptors (Lipinski definition) is 9. The van der Waals surface area contributed by atoms with Crippen LogP contribution in [0.15, 0.2) is 54.4 Å². The maximum absolute atomic E-state index is 13.2. The van der Waals surface area contributed by atoms with E-state index in [2.05, 4.69) is 31.2 Å². The van der Waals surface area contributed by atoms with E-state index in [4.69, 9.17) is 16.3 Å². The number of carbonyl (C=O) groups excluding carboxylic acids is 2. The van der Waals surface area contributed by atoms with Crippen molar-refractivity contribution in [2.45, 2.75) is 52.1 Å². The van der Waals surface area contributed by atoms with Gasteiger partial charge in [-0.15, -0.1) is 0 Å². The van der Waals surface area contributed by atoms with Gasteiger partial charge >= 0.3 is 0 Å². The zero-order valence-corrected chi connectivity index (χ0v) is 27.1. The van der Waals surface area contributed by atoms with Crippen LogP contribution in [0.1, 0.15) is 57.0 Å². The molecular weight excluding hydrogens is 604 g/mol. The van der Waals surface area contributed by atoms with E-state index in [-0.39, 0.29) is 23.1 Å². The molecular formula is C31H37ClN6O5S. The fourth-order valence-electron chi connectivity index (χ4n) is 4.63. The van der Waals surface area contributed by atoms with Crippen molar-refractivity contribution in [1.82, 2.24) is 20.6 Å². The minimum Gasteiger partial charge on any atom is -0.456 e. The number of benzene rings is 2. The number of aromatic nitrogens is 2. The van der Waals surface area contributed by atoms with Gasteiger partial charge < -0.3 is 26.0 Å². The lowest BCUT2D eigenvalue weighted by molar-refractivity contribution is -0.118. The fourth-order valence-corrected chi connectivity index (χ4v) is 6.23. The average molecular weight is 641 g/mol. The van der Waals surface area contributed by atoms with Gasteiger partial charge in [0.1, 0.15) is 39.3 Å². The average Bonchev–Trinajstić information content (AvgIpc) is 3.11. The van der Waals surface area contributed by atoms with Gasteiger partial charge in [-0.3, -0.25) is 9.59 Å². The van der Waals surface area contributed by atoms with Gasteiger partial charge in [0.2, 0.25) is 5.91 Å². The Kier molecular flexibility index (Phi) is 9.55. The molecule has 0 aliphatic carbocycles. The summed E-state index contributed by atoms with van der Waals surface area (Å²) in [5.41, 5.74) is 0.764. The molecule has 11 nitrogen and oxygen atoms in total. The molecule has 0 bridgehead atoms. The van der Waals surface area contributed by atoms with Crippen molar-refractivity contribution in [2.75, 3.05) is 29.2 Å². The third kappa shape index (κ3) is 9.17. The van der Waals surface area contributed by atoms with Crippen molar-refractivity contribution in [3.05, 3.63) is 70.5 Å². The summed E-state index contributed by atoms with van der Waals surface area (Å²) >= 11 is 6.58. The number of carbonyl (C=O) groups is 2. The van der Waals surface area contributed by atoms with Crippen LogP contribution in [0.25, 0.3) is 6.08 Å². The molecule has 0 radical (unpaired) electrons. The molecule has 4 N–H and O–H groups in total. The smallest absolute Gasteiger partial charge is 0.251 e. The summed E-state index contributed by atoms with van der Waals surface area (Å²) in [6, 6.07) is 12.0. The molecule has 2 amide bonds. The van der Waals surface area contributed by atoms with Crippen molar-refractivity contribution in [1.29, 1.82) is 0 Å². The number of rotatable bonds is 9. The summed E-state index contributed by atoms with van der Waals surface area (Å²) in [6.45, 7) is 9.52. The Hall–Kier alpha value is -4.16. The molecule has 3 aromatic rings. The number of ether oxygens (including phenoxy) is 1. The van der Waals surface area contributed by atoms with Gasteiger partial charge in [-0.2, -0.15) is 0 Å². The molecule has 234 valence electrons. The third-order valence-electron chi connectivity index (χ3n) is 6.26. The van der Waals surface area contributed by atoms with Gasteiger partial charge in [-0.05, 0) is 83.5 Å². The molecule has 0 spiro atoms. The number of fused-ring (bicyclic) bond motifs is 1. The van der Waals surface area contributed by atoms with Crippen molar-refractivity contribution in [3.63, 3.8) is 0 Å². The summed E-state index contributed by atoms with van der Waals surface area (Å²) in [4.78, 5) is 34.5. The van der Waals surface area contributed by atoms with Crippen LogP contribution in [-0.4, -0.2) is 59.8 Å². The second kappa shape index (κ2) is 12.8. The molecule has 0 fully saturated rings. The maximum atomic E-state index is 13.2. The van der Waals surface area contributed by atoms with E-state index in [1.807, 2.05) is 20.8 Å². The number of halogens is 1. The second-order valence-corrected chi connectivity index (χ2v) is 14.9. The lowest BCUT2D eigenvalue weighted by Crippen LogP contribution is -2.48. The zero-order chi connectivity index (χ0) is 32.3. The quantitative estimate of drug-likeness (QED) is 0.243. The lowest BCUT2D eigenvalue weighted by Gasteiger charge is -2.25. The second-order valence-electron chi connectivity index (χ2n) is 12.3. The zero-order valence-electron chi connectivity index (χ0n) is 25.5. The Morgan fingerprint density at radius 2 is 1.77 bits per heavy atom. The van der Waals surface area contributed by atoms with Gasteiger partial charge in [-0.1, -0.05) is 17.7 Å². The molecule has 0 saturated heterocycles. The van der Waals surface area contributed by atoms with Gasteiger partial charge in [0.05, 0.1) is 16.3 Å². The normalized spacial score (nSPS) is 13.5. The molecule has 0 saturated carbocycles. The van der Waals surface area contributed by atoms with E-state index in [0.29, 0.717) is 63.5 Å². The number of hydrogen-bond donors (Lipinski definition) is 4. The monoisotopic (exact) mass is 640 g/mol. The largest absolute Gasteiger partial charge is 0.456 e. The summed E-state index contributed by atoms with van der Waals surface area (Å²) in [5.74, 6) is 1.06. The number of nitrogens with one attached hydrogen (secondary N) is 4. The molecule has 0 unspecified atom stereocenters. The standard InChI is InChI=1S/C31H37ClN6O5S/c1-30(2,3)37-28(39)19-8-7-9-22(14-19)43-25-11-10-21(16-24(25)32)36-27-23-15-20(12-13-33-26(23)34-18-35-27)29(40)38-31(4,5)17-44(6,41)42/h7-11,14-16,18H,12-13,17H2,1-6H3,(H,37,39)(H,38,40)(H2,33,34,35,36). The molecule has 2 aromatic carbocycles. The highest BCUT2D eigenvalue weighted by molar-refractivity contribution is 7.90. The molecule has 0 atom stereocenters. The third-order valence-corrected chi connectivity index (χ3v) is 7.80. The fraction of sp³-hybridized carbons (Fsp3) is 0.355. The van der Waals surface area contributed by atoms with E-state index in [9.17, 15) is 18.0 Å². The van der Waals surface area contributed by atoms with Crippen LogP contribution in [0.4, 0.5) is 17.3 Å². The molecule has 2 heterocycles. The number of amides is 2. The van der Waals surface area contributed by atoms with Crippen LogP contribution >= 0.6 is 11.6 Å². The highest BCUT2D eigenvalue weighted by atomic mass is 35.5. The Morgan fingerprint density at radius 1 is 1.02 bits per heavy atom. The van der Waals surface area contributed by atoms with Crippen LogP contribution in [0.3, 0.4) is 0 Å². The highest BCUT2D eigenvalue weighted by Crippen LogP contribution is 2.34. The SMILES string of the molecule is CC(C)(C)NC(=O)c1cccc(Oc2ccc(Nc3ncnc4c3C=C(C(=O)NC(C)(C)CS(C)(=O)=O)CCN4)cc2Cl)c1. The minimum atomic E-state index is -3.30. The van der Waals surface area contributed by atoms with E-state index in [1.165, 1.54) is 6.33 Å². The van der Waals surface area contributed by atoms with Gasteiger partial charge in [0.15, 0.2) is 0 Å². The molecule has 4 rings (SSSR count). The Labute approximate surface area is 262 Å². The highest BCUT2D eigenvalue weighted by Gasteiger charge is 2.28. The van der Waals surface area contributed by atoms with Crippen LogP contribution < -0.4 is 26.0 Å². The first-order valence-electron chi connectivity index (χ1n) is 13.9. The van der Waals surface area contributed by atoms with Crippen LogP contribution in [0.5, 0.6) is 11.5 Å². The molecule has 1 aliphatic rings. The predicted octanol–water partition coefficient (Wildman–Crippen LogP) is 5.33. The molecule has 1 aliphatic heterocycles. The van der Waals surface area contributed by atoms with Gasteiger partial charge in [-0.25, -0.2) is 18.4 Å². The van der Waals surface area contributed by atoms with Crippen molar-refractivity contribution in [2.24, 2.45) is 0 Å². The van der Waals surface area contributed by atoms with Crippen molar-refractivity contribution < 1.29 is 22.7 Å². The first-order chi connectivity index (χ1) is 20.5. The maximum Gasteiger partial charge on any atom is 0.251 e. The molecule has 1 aromatic heterocycles. The number of anilines is 3. The van der Waals surface area contributed by atoms with Crippen LogP contribution in [0.2, 0.25) is 5.02 Å². The van der Waals surface area contributed by atoms with E-state index in [1.54, 1.807) is 62.4 Å². The van der Waals surface area contributed by atoms with E-state index >= 15 is 0 Å². The van der Waals surface area contributed by atoms with Crippen molar-refractivity contribution in [3.8, 4) is 11.5 Å². The van der Waals surface area contributed by atoms with E-state index < -0.39 is 15.4 Å². The molecule has 44 heavy (non-hydrogen) atoms. The number of sulfone groups is 1. The van der Waals surface area contributed by atoms with Crippen molar-refractivity contribution >= 4 is 56.7 Å². The van der Waals surface area contributed by atoms with Crippen LogP contribution in [-0.2, 0) is 14.6 Å². The van der Waals surface area contributed by atoms with Gasteiger partial charge in [0.25, 0.3) is 5.91 Å². The summed E-state index contributed by atoms with van der Waals surface area (Å²) < 4.78 is 29.6. The lowest BCUT2D eigenvalue weighted by atomic mass is 10.0. The van der Waals surface area contributed by atoms with Crippen LogP contribution in [0, 0.1) is 0 Å². The minimum absolute atomic E-state index is 0.192. The number of nitrogens with zero attached hydrogens (tertiary/aromatic N) is 2. The van der Waals surface area contributed by atoms with E-state index in [0.717, 1.165) is 6.26 Å². The first-order valence-corrected chi connectivity index (χ1v) is 16.4. The summed E-state index contributed by atoms with van der Waals surface area (Å²) in [6.07, 6.45) is 4.64. The molecule has 13 heteroatoms. The predicted molar refractivity (Wildman–Crippen MR) is 174 cm³/mol. The topological polar surface area (TPSA) is 151 Å². The van der Waals surface area contributed by atoms with Gasteiger partial charge in [0, 0.05) is 40.7 Å². The summed E-state index contributed by atoms with van der Waals surface area (Å²) in [5, 5.41) is 12.5. The first kappa shape index (κ1) is 32.7. The summed E-state index contributed by atoms with van der Waals surface area (Å²) in [7, 11) is -3.30. The Bertz CT molecular complexity index is 1720. The Balaban J connectivity index is 1.53.